The third-order valence-corrected chi connectivity index (χ3v) is 4.03. The Morgan fingerprint density at radius 3 is 2.88 bits per heavy atom. The van der Waals surface area contributed by atoms with Crippen LogP contribution in [0.15, 0.2) is 18.3 Å². The normalized spacial score (nSPS) is 18.2. The third-order valence-electron chi connectivity index (χ3n) is 3.73. The van der Waals surface area contributed by atoms with Crippen LogP contribution in [0.4, 0.5) is 4.79 Å². The largest absolute Gasteiger partial charge is 0.444 e. The van der Waals surface area contributed by atoms with E-state index in [4.69, 9.17) is 16.3 Å². The van der Waals surface area contributed by atoms with Crippen LogP contribution in [0.1, 0.15) is 44.0 Å². The molecule has 2 amide bonds. The van der Waals surface area contributed by atoms with E-state index >= 15 is 0 Å². The Hall–Kier alpha value is -1.82. The van der Waals surface area contributed by atoms with Crippen LogP contribution in [0.3, 0.4) is 0 Å². The second kappa shape index (κ2) is 7.83. The molecule has 0 saturated carbocycles. The van der Waals surface area contributed by atoms with Crippen molar-refractivity contribution in [2.24, 2.45) is 5.92 Å². The summed E-state index contributed by atoms with van der Waals surface area (Å²) in [5, 5.41) is 3.06. The first-order chi connectivity index (χ1) is 11.3. The van der Waals surface area contributed by atoms with Crippen LogP contribution in [0.2, 0.25) is 5.15 Å². The molecular formula is C17H24ClN3O3. The molecule has 24 heavy (non-hydrogen) atoms. The lowest BCUT2D eigenvalue weighted by atomic mass is 9.98. The maximum absolute atomic E-state index is 12.2. The van der Waals surface area contributed by atoms with E-state index in [2.05, 4.69) is 10.3 Å². The van der Waals surface area contributed by atoms with Crippen molar-refractivity contribution in [1.82, 2.24) is 15.2 Å². The quantitative estimate of drug-likeness (QED) is 0.847. The van der Waals surface area contributed by atoms with Gasteiger partial charge in [-0.2, -0.15) is 0 Å². The van der Waals surface area contributed by atoms with Gasteiger partial charge in [0.1, 0.15) is 10.8 Å². The van der Waals surface area contributed by atoms with Crippen molar-refractivity contribution in [1.29, 1.82) is 0 Å². The van der Waals surface area contributed by atoms with Crippen molar-refractivity contribution in [2.45, 2.75) is 39.2 Å². The fraction of sp³-hybridized carbons (Fsp3) is 0.588. The highest BCUT2D eigenvalue weighted by Gasteiger charge is 2.27. The molecule has 0 unspecified atom stereocenters. The molecule has 0 spiro atoms. The Labute approximate surface area is 147 Å². The Morgan fingerprint density at radius 2 is 2.21 bits per heavy atom. The average Bonchev–Trinajstić information content (AvgIpc) is 2.52. The number of rotatable bonds is 3. The van der Waals surface area contributed by atoms with E-state index in [9.17, 15) is 9.59 Å². The molecule has 0 bridgehead atoms. The fourth-order valence-electron chi connectivity index (χ4n) is 2.61. The molecule has 1 saturated heterocycles. The summed E-state index contributed by atoms with van der Waals surface area (Å²) in [5.74, 6) is -0.0480. The van der Waals surface area contributed by atoms with Gasteiger partial charge in [-0.15, -0.1) is 0 Å². The summed E-state index contributed by atoms with van der Waals surface area (Å²) < 4.78 is 5.41. The van der Waals surface area contributed by atoms with Crippen LogP contribution in [-0.4, -0.2) is 47.1 Å². The Morgan fingerprint density at radius 1 is 1.46 bits per heavy atom. The molecule has 7 heteroatoms. The number of piperidine rings is 1. The summed E-state index contributed by atoms with van der Waals surface area (Å²) in [4.78, 5) is 29.9. The van der Waals surface area contributed by atoms with Gasteiger partial charge in [0, 0.05) is 25.8 Å². The van der Waals surface area contributed by atoms with Crippen molar-refractivity contribution < 1.29 is 14.3 Å². The van der Waals surface area contributed by atoms with Gasteiger partial charge in [-0.3, -0.25) is 4.79 Å². The zero-order valence-electron chi connectivity index (χ0n) is 14.3. The molecule has 132 valence electrons. The summed E-state index contributed by atoms with van der Waals surface area (Å²) >= 11 is 5.93. The zero-order valence-corrected chi connectivity index (χ0v) is 15.1. The third kappa shape index (κ3) is 5.37. The minimum atomic E-state index is -0.505. The van der Waals surface area contributed by atoms with E-state index in [1.807, 2.05) is 20.8 Å². The van der Waals surface area contributed by atoms with Crippen LogP contribution >= 0.6 is 11.6 Å². The molecule has 1 aliphatic heterocycles. The number of nitrogens with one attached hydrogen (secondary N) is 1. The van der Waals surface area contributed by atoms with Gasteiger partial charge < -0.3 is 15.0 Å². The lowest BCUT2D eigenvalue weighted by Gasteiger charge is -2.34. The second-order valence-electron chi connectivity index (χ2n) is 6.99. The Balaban J connectivity index is 1.86. The van der Waals surface area contributed by atoms with Gasteiger partial charge >= 0.3 is 6.09 Å². The molecule has 1 aliphatic rings. The SMILES string of the molecule is CC(C)(C)OC(=O)N1CCC[C@H](CNC(=O)c2cccnc2Cl)C1. The maximum Gasteiger partial charge on any atom is 0.410 e. The van der Waals surface area contributed by atoms with E-state index in [1.165, 1.54) is 0 Å². The van der Waals surface area contributed by atoms with Crippen LogP contribution in [0.25, 0.3) is 0 Å². The van der Waals surface area contributed by atoms with Gasteiger partial charge in [0.25, 0.3) is 5.91 Å². The van der Waals surface area contributed by atoms with Crippen molar-refractivity contribution in [3.8, 4) is 0 Å². The van der Waals surface area contributed by atoms with Gasteiger partial charge in [0.05, 0.1) is 5.56 Å². The standard InChI is InChI=1S/C17H24ClN3O3/c1-17(2,3)24-16(23)21-9-5-6-12(11-21)10-20-15(22)13-7-4-8-19-14(13)18/h4,7-8,12H,5-6,9-11H2,1-3H3,(H,20,22)/t12-/m1/s1. The van der Waals surface area contributed by atoms with Crippen LogP contribution in [0.5, 0.6) is 0 Å². The zero-order chi connectivity index (χ0) is 17.7. The van der Waals surface area contributed by atoms with Crippen LogP contribution in [-0.2, 0) is 4.74 Å². The van der Waals surface area contributed by atoms with Gasteiger partial charge in [0.2, 0.25) is 0 Å². The molecule has 0 radical (unpaired) electrons. The number of carbonyl (C=O) groups excluding carboxylic acids is 2. The van der Waals surface area contributed by atoms with E-state index < -0.39 is 5.60 Å². The highest BCUT2D eigenvalue weighted by molar-refractivity contribution is 6.32. The number of halogens is 1. The van der Waals surface area contributed by atoms with E-state index in [-0.39, 0.29) is 23.1 Å². The van der Waals surface area contributed by atoms with Gasteiger partial charge in [-0.25, -0.2) is 9.78 Å². The fourth-order valence-corrected chi connectivity index (χ4v) is 2.82. The number of aromatic nitrogens is 1. The van der Waals surface area contributed by atoms with Gasteiger partial charge in [-0.1, -0.05) is 11.6 Å². The summed E-state index contributed by atoms with van der Waals surface area (Å²) in [7, 11) is 0. The van der Waals surface area contributed by atoms with Crippen molar-refractivity contribution in [3.63, 3.8) is 0 Å². The number of carbonyl (C=O) groups is 2. The predicted molar refractivity (Wildman–Crippen MR) is 92.1 cm³/mol. The summed E-state index contributed by atoms with van der Waals surface area (Å²) in [6, 6.07) is 3.31. The first-order valence-corrected chi connectivity index (χ1v) is 8.50. The lowest BCUT2D eigenvalue weighted by Crippen LogP contribution is -2.45. The van der Waals surface area contributed by atoms with Crippen molar-refractivity contribution >= 4 is 23.6 Å². The molecule has 0 aliphatic carbocycles. The Bertz CT molecular complexity index is 601. The average molecular weight is 354 g/mol. The molecule has 1 fully saturated rings. The maximum atomic E-state index is 12.2. The highest BCUT2D eigenvalue weighted by Crippen LogP contribution is 2.19. The molecule has 2 heterocycles. The monoisotopic (exact) mass is 353 g/mol. The molecular weight excluding hydrogens is 330 g/mol. The minimum absolute atomic E-state index is 0.189. The minimum Gasteiger partial charge on any atom is -0.444 e. The first kappa shape index (κ1) is 18.5. The van der Waals surface area contributed by atoms with E-state index in [1.54, 1.807) is 23.2 Å². The van der Waals surface area contributed by atoms with Crippen molar-refractivity contribution in [3.05, 3.63) is 29.0 Å². The van der Waals surface area contributed by atoms with Crippen LogP contribution in [0, 0.1) is 5.92 Å². The van der Waals surface area contributed by atoms with E-state index in [0.717, 1.165) is 12.8 Å². The van der Waals surface area contributed by atoms with Crippen molar-refractivity contribution in [2.75, 3.05) is 19.6 Å². The summed E-state index contributed by atoms with van der Waals surface area (Å²) in [5.41, 5.74) is -0.144. The molecule has 6 nitrogen and oxygen atoms in total. The number of nitrogens with zero attached hydrogens (tertiary/aromatic N) is 2. The van der Waals surface area contributed by atoms with E-state index in [0.29, 0.717) is 25.2 Å². The summed E-state index contributed by atoms with van der Waals surface area (Å²) in [6.07, 6.45) is 3.10. The molecule has 1 aromatic rings. The van der Waals surface area contributed by atoms with Gasteiger partial charge in [0.15, 0.2) is 0 Å². The molecule has 2 rings (SSSR count). The lowest BCUT2D eigenvalue weighted by molar-refractivity contribution is 0.0167. The van der Waals surface area contributed by atoms with Gasteiger partial charge in [-0.05, 0) is 51.7 Å². The number of ether oxygens (including phenoxy) is 1. The number of pyridine rings is 1. The summed E-state index contributed by atoms with van der Waals surface area (Å²) in [6.45, 7) is 7.31. The number of amides is 2. The molecule has 0 aromatic carbocycles. The smallest absolute Gasteiger partial charge is 0.410 e. The Kier molecular flexibility index (Phi) is 6.04. The molecule has 1 N–H and O–H groups in total. The highest BCUT2D eigenvalue weighted by atomic mass is 35.5. The first-order valence-electron chi connectivity index (χ1n) is 8.13. The molecule has 1 aromatic heterocycles. The molecule has 1 atom stereocenters. The number of likely N-dealkylation sites (tertiary alicyclic amines) is 1. The number of hydrogen-bond acceptors (Lipinski definition) is 4. The predicted octanol–water partition coefficient (Wildman–Crippen LogP) is 3.11. The number of hydrogen-bond donors (Lipinski definition) is 1. The second-order valence-corrected chi connectivity index (χ2v) is 7.34. The van der Waals surface area contributed by atoms with Crippen LogP contribution < -0.4 is 5.32 Å². The topological polar surface area (TPSA) is 71.5 Å².